The zero-order valence-corrected chi connectivity index (χ0v) is 39.4. The molecule has 0 radical (unpaired) electrons. The number of ketones is 1. The number of methoxy groups -OCH3 is 4. The van der Waals surface area contributed by atoms with E-state index in [-0.39, 0.29) is 41.1 Å². The number of benzene rings is 4. The van der Waals surface area contributed by atoms with Crippen LogP contribution in [0.15, 0.2) is 120 Å². The summed E-state index contributed by atoms with van der Waals surface area (Å²) in [6.07, 6.45) is 7.55. The molecule has 5 unspecified atom stereocenters. The largest absolute Gasteiger partial charge is 0.504 e. The Hall–Kier alpha value is -6.37. The van der Waals surface area contributed by atoms with E-state index in [9.17, 15) is 15.0 Å². The van der Waals surface area contributed by atoms with E-state index in [1.54, 1.807) is 95.9 Å². The lowest BCUT2D eigenvalue weighted by atomic mass is 9.73. The van der Waals surface area contributed by atoms with Gasteiger partial charge < -0.3 is 38.6 Å². The van der Waals surface area contributed by atoms with Gasteiger partial charge in [-0.2, -0.15) is 0 Å². The number of hydrogen-bond donors (Lipinski definition) is 2. The lowest BCUT2D eigenvalue weighted by Crippen LogP contribution is -2.30. The van der Waals surface area contributed by atoms with Gasteiger partial charge in [-0.15, -0.1) is 0 Å². The fourth-order valence-corrected chi connectivity index (χ4v) is 8.78. The predicted molar refractivity (Wildman–Crippen MR) is 252 cm³/mol. The van der Waals surface area contributed by atoms with Gasteiger partial charge in [0, 0.05) is 34.3 Å². The molecular weight excluding hydrogens is 805 g/mol. The molecule has 2 aliphatic carbocycles. The summed E-state index contributed by atoms with van der Waals surface area (Å²) in [5.74, 6) is 10.2. The zero-order valence-electron chi connectivity index (χ0n) is 39.4. The van der Waals surface area contributed by atoms with Crippen LogP contribution in [0.3, 0.4) is 0 Å². The molecule has 5 atom stereocenters. The molecule has 0 aliphatic heterocycles. The van der Waals surface area contributed by atoms with E-state index in [1.165, 1.54) is 7.11 Å². The highest BCUT2D eigenvalue weighted by molar-refractivity contribution is 6.09. The highest BCUT2D eigenvalue weighted by atomic mass is 16.5. The first-order valence-corrected chi connectivity index (χ1v) is 21.7. The zero-order chi connectivity index (χ0) is 46.7. The van der Waals surface area contributed by atoms with Crippen LogP contribution < -0.4 is 18.9 Å². The summed E-state index contributed by atoms with van der Waals surface area (Å²) >= 11 is 0. The maximum Gasteiger partial charge on any atom is 0.193 e. The highest BCUT2D eigenvalue weighted by Crippen LogP contribution is 2.45. The molecule has 0 fully saturated rings. The van der Waals surface area contributed by atoms with Crippen LogP contribution in [0.4, 0.5) is 0 Å². The molecular formula is C55H62O9. The maximum atomic E-state index is 13.7. The van der Waals surface area contributed by atoms with Gasteiger partial charge >= 0.3 is 0 Å². The van der Waals surface area contributed by atoms with Gasteiger partial charge in [0.25, 0.3) is 0 Å². The van der Waals surface area contributed by atoms with Crippen molar-refractivity contribution in [2.45, 2.75) is 85.4 Å². The molecule has 0 amide bonds. The molecule has 6 rings (SSSR count). The molecule has 0 saturated carbocycles. The van der Waals surface area contributed by atoms with Gasteiger partial charge in [-0.3, -0.25) is 4.79 Å². The van der Waals surface area contributed by atoms with E-state index >= 15 is 0 Å². The summed E-state index contributed by atoms with van der Waals surface area (Å²) in [6, 6.07) is 22.4. The second kappa shape index (κ2) is 19.2. The molecule has 2 aliphatic rings. The predicted octanol–water partition coefficient (Wildman–Crippen LogP) is 12.0. The second-order valence-corrected chi connectivity index (χ2v) is 17.8. The third-order valence-corrected chi connectivity index (χ3v) is 12.5. The smallest absolute Gasteiger partial charge is 0.193 e. The van der Waals surface area contributed by atoms with Crippen LogP contribution in [0.2, 0.25) is 0 Å². The standard InChI is InChI=1S/C55H62O9/c1-32-26-50(61-12)46(30-42(32)35(4)39-15-14-16-48(59-10)47(56)28-39)55(8,9)64-41-23-19-38(20-24-41)53(57)37-17-21-40(22-18-37)63-52-31-44(34(3)27-51(52)62-13)36(5)43-29-45(54(6,7)58)49(60-11)25-33(43)2/h16-31,33,35-36,39,43,56,58H,1-13H3. The molecule has 0 spiro atoms. The van der Waals surface area contributed by atoms with E-state index in [0.29, 0.717) is 51.4 Å². The molecule has 336 valence electrons. The fourth-order valence-electron chi connectivity index (χ4n) is 8.78. The molecule has 0 saturated heterocycles. The second-order valence-electron chi connectivity index (χ2n) is 17.8. The highest BCUT2D eigenvalue weighted by Gasteiger charge is 2.35. The summed E-state index contributed by atoms with van der Waals surface area (Å²) in [7, 11) is 6.41. The maximum absolute atomic E-state index is 13.7. The van der Waals surface area contributed by atoms with Crippen molar-refractivity contribution < 1.29 is 43.4 Å². The van der Waals surface area contributed by atoms with E-state index in [2.05, 4.69) is 57.8 Å². The van der Waals surface area contributed by atoms with Gasteiger partial charge in [0.1, 0.15) is 28.6 Å². The van der Waals surface area contributed by atoms with Crippen molar-refractivity contribution in [3.63, 3.8) is 0 Å². The number of rotatable bonds is 16. The molecule has 9 nitrogen and oxygen atoms in total. The number of aliphatic hydroxyl groups is 2. The molecule has 0 bridgehead atoms. The molecule has 0 heterocycles. The van der Waals surface area contributed by atoms with Crippen LogP contribution in [-0.2, 0) is 15.1 Å². The molecule has 2 N–H and O–H groups in total. The number of carbonyl (C=O) groups is 1. The van der Waals surface area contributed by atoms with Gasteiger partial charge in [0.15, 0.2) is 28.8 Å². The lowest BCUT2D eigenvalue weighted by Gasteiger charge is -2.35. The Morgan fingerprint density at radius 3 is 1.81 bits per heavy atom. The summed E-state index contributed by atoms with van der Waals surface area (Å²) in [5, 5.41) is 21.6. The molecule has 4 aromatic carbocycles. The number of hydrogen-bond acceptors (Lipinski definition) is 9. The van der Waals surface area contributed by atoms with Crippen molar-refractivity contribution in [3.8, 4) is 40.6 Å². The van der Waals surface area contributed by atoms with E-state index in [4.69, 9.17) is 28.4 Å². The minimum absolute atomic E-state index is 0.0464. The van der Waals surface area contributed by atoms with Crippen LogP contribution in [0.25, 0.3) is 0 Å². The van der Waals surface area contributed by atoms with E-state index in [0.717, 1.165) is 33.4 Å². The van der Waals surface area contributed by atoms with Crippen molar-refractivity contribution in [1.82, 2.24) is 0 Å². The number of allylic oxidation sites excluding steroid dienone is 4. The van der Waals surface area contributed by atoms with Crippen molar-refractivity contribution in [2.75, 3.05) is 28.4 Å². The Morgan fingerprint density at radius 1 is 0.688 bits per heavy atom. The molecule has 64 heavy (non-hydrogen) atoms. The third-order valence-electron chi connectivity index (χ3n) is 12.5. The van der Waals surface area contributed by atoms with Gasteiger partial charge in [-0.1, -0.05) is 38.7 Å². The van der Waals surface area contributed by atoms with Crippen LogP contribution in [0.5, 0.6) is 28.7 Å². The van der Waals surface area contributed by atoms with E-state index in [1.807, 2.05) is 39.0 Å². The third kappa shape index (κ3) is 10.0. The summed E-state index contributed by atoms with van der Waals surface area (Å²) in [4.78, 5) is 13.7. The Labute approximate surface area is 379 Å². The lowest BCUT2D eigenvalue weighted by molar-refractivity contribution is 0.103. The van der Waals surface area contributed by atoms with Crippen molar-refractivity contribution in [3.05, 3.63) is 159 Å². The number of aliphatic hydroxyl groups excluding tert-OH is 1. The van der Waals surface area contributed by atoms with Crippen LogP contribution in [-0.4, -0.2) is 50.0 Å². The first kappa shape index (κ1) is 47.1. The van der Waals surface area contributed by atoms with Crippen LogP contribution in [0.1, 0.15) is 104 Å². The van der Waals surface area contributed by atoms with Crippen molar-refractivity contribution >= 4 is 5.78 Å². The Morgan fingerprint density at radius 2 is 1.25 bits per heavy atom. The number of carbonyl (C=O) groups excluding carboxylic acids is 1. The fraction of sp³-hybridized carbons (Fsp3) is 0.364. The minimum atomic E-state index is -1.06. The average Bonchev–Trinajstić information content (AvgIpc) is 3.46. The summed E-state index contributed by atoms with van der Waals surface area (Å²) < 4.78 is 35.6. The number of aryl methyl sites for hydroxylation is 2. The monoisotopic (exact) mass is 866 g/mol. The first-order valence-electron chi connectivity index (χ1n) is 21.7. The Bertz CT molecular complexity index is 2550. The Balaban J connectivity index is 1.17. The van der Waals surface area contributed by atoms with Crippen LogP contribution >= 0.6 is 0 Å². The molecule has 4 aromatic rings. The topological polar surface area (TPSA) is 113 Å². The summed E-state index contributed by atoms with van der Waals surface area (Å²) in [5.41, 5.74) is 5.02. The Kier molecular flexibility index (Phi) is 14.1. The quantitative estimate of drug-likeness (QED) is 0.0839. The average molecular weight is 867 g/mol. The normalized spacial score (nSPS) is 18.4. The number of ether oxygens (including phenoxy) is 6. The van der Waals surface area contributed by atoms with Gasteiger partial charge in [-0.05, 0) is 172 Å². The van der Waals surface area contributed by atoms with Crippen LogP contribution in [0, 0.1) is 43.4 Å². The van der Waals surface area contributed by atoms with Crippen molar-refractivity contribution in [2.24, 2.45) is 17.8 Å². The SMILES string of the molecule is COC1=CC#CC(C(C)c2cc(C(C)(C)Oc3ccc(C(=O)c4ccc(Oc5cc(C(C)C6C=C(C(C)(C)O)C(OC)=CC6C)c(C)cc5OC)cc4)cc3)c(OC)cc2C)C=C1O. The van der Waals surface area contributed by atoms with Gasteiger partial charge in [-0.25, -0.2) is 0 Å². The summed E-state index contributed by atoms with van der Waals surface area (Å²) in [6.45, 7) is 18.1. The van der Waals surface area contributed by atoms with Gasteiger partial charge in [0.2, 0.25) is 0 Å². The van der Waals surface area contributed by atoms with E-state index < -0.39 is 11.2 Å². The molecule has 9 heteroatoms. The first-order chi connectivity index (χ1) is 30.3. The molecule has 0 aromatic heterocycles. The van der Waals surface area contributed by atoms with Gasteiger partial charge in [0.05, 0.1) is 34.0 Å². The minimum Gasteiger partial charge on any atom is -0.504 e. The van der Waals surface area contributed by atoms with Crippen molar-refractivity contribution in [1.29, 1.82) is 0 Å².